The second kappa shape index (κ2) is 3.32. The molecule has 0 atom stereocenters. The van der Waals surface area contributed by atoms with E-state index in [4.69, 9.17) is 11.1 Å². The van der Waals surface area contributed by atoms with Gasteiger partial charge in [-0.1, -0.05) is 0 Å². The molecule has 11 heavy (non-hydrogen) atoms. The van der Waals surface area contributed by atoms with Crippen molar-refractivity contribution in [3.63, 3.8) is 0 Å². The van der Waals surface area contributed by atoms with Crippen LogP contribution in [0.1, 0.15) is 5.56 Å². The summed E-state index contributed by atoms with van der Waals surface area (Å²) in [7, 11) is 0. The summed E-state index contributed by atoms with van der Waals surface area (Å²) < 4.78 is 1.40. The highest BCUT2D eigenvalue weighted by Crippen LogP contribution is 2.17. The maximum atomic E-state index is 7.16. The van der Waals surface area contributed by atoms with Gasteiger partial charge in [0.05, 0.1) is 0 Å². The SMILES string of the molecule is N=C(N)c1cc(Br)cnc1Br. The zero-order chi connectivity index (χ0) is 8.43. The first-order valence-corrected chi connectivity index (χ1v) is 4.35. The summed E-state index contributed by atoms with van der Waals surface area (Å²) in [4.78, 5) is 3.95. The molecule has 1 aromatic rings. The van der Waals surface area contributed by atoms with Crippen LogP contribution in [-0.2, 0) is 0 Å². The van der Waals surface area contributed by atoms with E-state index < -0.39 is 0 Å². The summed E-state index contributed by atoms with van der Waals surface area (Å²) in [5, 5.41) is 7.16. The Bertz CT molecular complexity index is 298. The van der Waals surface area contributed by atoms with Gasteiger partial charge in [-0.2, -0.15) is 0 Å². The molecule has 0 unspecified atom stereocenters. The molecule has 5 heteroatoms. The van der Waals surface area contributed by atoms with Gasteiger partial charge in [0.25, 0.3) is 0 Å². The fourth-order valence-corrected chi connectivity index (χ4v) is 1.37. The maximum Gasteiger partial charge on any atom is 0.125 e. The number of nitrogens with two attached hydrogens (primary N) is 1. The summed E-state index contributed by atoms with van der Waals surface area (Å²) in [5.41, 5.74) is 5.87. The number of nitrogens with one attached hydrogen (secondary N) is 1. The highest BCUT2D eigenvalue weighted by atomic mass is 79.9. The molecule has 0 saturated carbocycles. The van der Waals surface area contributed by atoms with E-state index in [0.29, 0.717) is 10.2 Å². The molecule has 3 N–H and O–H groups in total. The Hall–Kier alpha value is -0.420. The number of nitrogens with zero attached hydrogens (tertiary/aromatic N) is 1. The Labute approximate surface area is 80.8 Å². The molecule has 1 heterocycles. The molecule has 0 radical (unpaired) electrons. The van der Waals surface area contributed by atoms with Gasteiger partial charge in [-0.15, -0.1) is 0 Å². The van der Waals surface area contributed by atoms with Gasteiger partial charge in [0.15, 0.2) is 0 Å². The first kappa shape index (κ1) is 8.67. The summed E-state index contributed by atoms with van der Waals surface area (Å²) in [6.07, 6.45) is 1.64. The van der Waals surface area contributed by atoms with Crippen molar-refractivity contribution in [3.05, 3.63) is 26.9 Å². The lowest BCUT2D eigenvalue weighted by Crippen LogP contribution is -2.12. The second-order valence-electron chi connectivity index (χ2n) is 1.91. The molecule has 0 amide bonds. The molecule has 0 aliphatic carbocycles. The minimum absolute atomic E-state index is 0.00525. The third kappa shape index (κ3) is 2.00. The van der Waals surface area contributed by atoms with Crippen molar-refractivity contribution < 1.29 is 0 Å². The van der Waals surface area contributed by atoms with Crippen molar-refractivity contribution in [2.45, 2.75) is 0 Å². The zero-order valence-electron chi connectivity index (χ0n) is 5.44. The summed E-state index contributed by atoms with van der Waals surface area (Å²) in [5.74, 6) is 0.00525. The fraction of sp³-hybridized carbons (Fsp3) is 0. The average Bonchev–Trinajstić information content (AvgIpc) is 1.94. The van der Waals surface area contributed by atoms with Crippen LogP contribution in [0.3, 0.4) is 0 Å². The molecule has 0 aliphatic rings. The standard InChI is InChI=1S/C6H5Br2N3/c7-3-1-4(6(9)10)5(8)11-2-3/h1-2H,(H3,9,10). The van der Waals surface area contributed by atoms with Gasteiger partial charge in [-0.3, -0.25) is 5.41 Å². The molecule has 1 rings (SSSR count). The molecule has 0 aromatic carbocycles. The number of amidine groups is 1. The molecular formula is C6H5Br2N3. The number of nitrogen functional groups attached to an aromatic ring is 1. The number of hydrogen-bond donors (Lipinski definition) is 2. The Morgan fingerprint density at radius 2 is 2.18 bits per heavy atom. The van der Waals surface area contributed by atoms with Gasteiger partial charge in [-0.25, -0.2) is 4.98 Å². The molecule has 1 aromatic heterocycles. The van der Waals surface area contributed by atoms with Gasteiger partial charge in [0.2, 0.25) is 0 Å². The first-order valence-electron chi connectivity index (χ1n) is 2.76. The predicted octanol–water partition coefficient (Wildman–Crippen LogP) is 1.89. The summed E-state index contributed by atoms with van der Waals surface area (Å²) in [6.45, 7) is 0. The van der Waals surface area contributed by atoms with Crippen molar-refractivity contribution in [2.24, 2.45) is 5.73 Å². The highest BCUT2D eigenvalue weighted by molar-refractivity contribution is 9.11. The third-order valence-electron chi connectivity index (χ3n) is 1.10. The molecule has 0 aliphatic heterocycles. The van der Waals surface area contributed by atoms with Crippen LogP contribution in [0.25, 0.3) is 0 Å². The van der Waals surface area contributed by atoms with Gasteiger partial charge >= 0.3 is 0 Å². The lowest BCUT2D eigenvalue weighted by atomic mass is 10.3. The van der Waals surface area contributed by atoms with Gasteiger partial charge in [0, 0.05) is 16.2 Å². The number of aromatic nitrogens is 1. The van der Waals surface area contributed by atoms with E-state index in [9.17, 15) is 0 Å². The Morgan fingerprint density at radius 1 is 1.55 bits per heavy atom. The largest absolute Gasteiger partial charge is 0.384 e. The van der Waals surface area contributed by atoms with E-state index in [1.54, 1.807) is 12.3 Å². The highest BCUT2D eigenvalue weighted by Gasteiger charge is 2.03. The average molecular weight is 279 g/mol. The Balaban J connectivity index is 3.23. The van der Waals surface area contributed by atoms with Gasteiger partial charge < -0.3 is 5.73 Å². The smallest absolute Gasteiger partial charge is 0.125 e. The van der Waals surface area contributed by atoms with Crippen molar-refractivity contribution in [2.75, 3.05) is 0 Å². The van der Waals surface area contributed by atoms with Crippen molar-refractivity contribution >= 4 is 37.7 Å². The van der Waals surface area contributed by atoms with Crippen molar-refractivity contribution in [1.29, 1.82) is 5.41 Å². The molecule has 0 bridgehead atoms. The number of halogens is 2. The second-order valence-corrected chi connectivity index (χ2v) is 3.57. The minimum atomic E-state index is 0.00525. The Kier molecular flexibility index (Phi) is 2.62. The van der Waals surface area contributed by atoms with Crippen LogP contribution in [0.4, 0.5) is 0 Å². The van der Waals surface area contributed by atoms with E-state index in [1.165, 1.54) is 0 Å². The molecule has 0 spiro atoms. The number of pyridine rings is 1. The monoisotopic (exact) mass is 277 g/mol. The maximum absolute atomic E-state index is 7.16. The molecule has 0 saturated heterocycles. The molecule has 58 valence electrons. The predicted molar refractivity (Wildman–Crippen MR) is 50.7 cm³/mol. The topological polar surface area (TPSA) is 62.8 Å². The Morgan fingerprint density at radius 3 is 2.64 bits per heavy atom. The van der Waals surface area contributed by atoms with E-state index in [1.807, 2.05) is 0 Å². The van der Waals surface area contributed by atoms with Crippen LogP contribution in [0.15, 0.2) is 21.3 Å². The molecule has 0 fully saturated rings. The quantitative estimate of drug-likeness (QED) is 0.468. The lowest BCUT2D eigenvalue weighted by Gasteiger charge is -2.00. The molecular weight excluding hydrogens is 274 g/mol. The summed E-state index contributed by atoms with van der Waals surface area (Å²) >= 11 is 6.41. The minimum Gasteiger partial charge on any atom is -0.384 e. The van der Waals surface area contributed by atoms with Crippen LogP contribution >= 0.6 is 31.9 Å². The van der Waals surface area contributed by atoms with Crippen LogP contribution in [0, 0.1) is 5.41 Å². The van der Waals surface area contributed by atoms with E-state index in [-0.39, 0.29) is 5.84 Å². The van der Waals surface area contributed by atoms with Gasteiger partial charge in [-0.05, 0) is 37.9 Å². The van der Waals surface area contributed by atoms with Crippen LogP contribution < -0.4 is 5.73 Å². The van der Waals surface area contributed by atoms with E-state index >= 15 is 0 Å². The van der Waals surface area contributed by atoms with Crippen LogP contribution in [-0.4, -0.2) is 10.8 Å². The lowest BCUT2D eigenvalue weighted by molar-refractivity contribution is 1.23. The number of rotatable bonds is 1. The van der Waals surface area contributed by atoms with Crippen LogP contribution in [0.2, 0.25) is 0 Å². The van der Waals surface area contributed by atoms with Gasteiger partial charge in [0.1, 0.15) is 10.4 Å². The molecule has 3 nitrogen and oxygen atoms in total. The third-order valence-corrected chi connectivity index (χ3v) is 2.16. The van der Waals surface area contributed by atoms with Crippen molar-refractivity contribution in [3.8, 4) is 0 Å². The van der Waals surface area contributed by atoms with Crippen molar-refractivity contribution in [1.82, 2.24) is 4.98 Å². The normalized spacial score (nSPS) is 9.64. The fourth-order valence-electron chi connectivity index (χ4n) is 0.611. The summed E-state index contributed by atoms with van der Waals surface area (Å²) in [6, 6.07) is 1.74. The van der Waals surface area contributed by atoms with E-state index in [2.05, 4.69) is 36.8 Å². The number of hydrogen-bond acceptors (Lipinski definition) is 2. The van der Waals surface area contributed by atoms with Crippen LogP contribution in [0.5, 0.6) is 0 Å². The zero-order valence-corrected chi connectivity index (χ0v) is 8.61. The van der Waals surface area contributed by atoms with E-state index in [0.717, 1.165) is 4.47 Å². The first-order chi connectivity index (χ1) is 5.11.